The minimum Gasteiger partial charge on any atom is -0.383 e. The molecule has 0 spiro atoms. The van der Waals surface area contributed by atoms with Crippen molar-refractivity contribution in [3.63, 3.8) is 0 Å². The molecule has 5 nitrogen and oxygen atoms in total. The van der Waals surface area contributed by atoms with Crippen molar-refractivity contribution in [1.82, 2.24) is 9.80 Å². The molecule has 1 aromatic rings. The summed E-state index contributed by atoms with van der Waals surface area (Å²) in [5, 5.41) is 0. The molecule has 2 fully saturated rings. The molecular weight excluding hydrogens is 323 g/mol. The molecule has 0 aliphatic carbocycles. The van der Waals surface area contributed by atoms with Gasteiger partial charge in [-0.05, 0) is 37.0 Å². The van der Waals surface area contributed by atoms with Crippen LogP contribution in [0.5, 0.6) is 0 Å². The molecule has 136 valence electrons. The van der Waals surface area contributed by atoms with E-state index >= 15 is 0 Å². The molecule has 25 heavy (non-hydrogen) atoms. The highest BCUT2D eigenvalue weighted by atomic mass is 19.1. The standard InChI is InChI=1S/C19H25FN2O3/c1-25-13-12-22-17(23)9-8-16(19(24)21-10-2-3-11-21)18(22)14-4-6-15(20)7-5-14/h4-7,16,18H,2-3,8-13H2,1H3/t16-,18+/m1/s1. The monoisotopic (exact) mass is 348 g/mol. The van der Waals surface area contributed by atoms with E-state index in [0.29, 0.717) is 26.0 Å². The van der Waals surface area contributed by atoms with E-state index in [-0.39, 0.29) is 29.6 Å². The maximum atomic E-state index is 13.4. The third-order valence-corrected chi connectivity index (χ3v) is 5.19. The zero-order valence-electron chi connectivity index (χ0n) is 14.6. The average molecular weight is 348 g/mol. The van der Waals surface area contributed by atoms with Gasteiger partial charge in [0, 0.05) is 33.2 Å². The molecule has 2 amide bonds. The van der Waals surface area contributed by atoms with Gasteiger partial charge in [0.1, 0.15) is 5.82 Å². The van der Waals surface area contributed by atoms with Gasteiger partial charge in [0.05, 0.1) is 18.6 Å². The topological polar surface area (TPSA) is 49.9 Å². The molecule has 3 rings (SSSR count). The maximum absolute atomic E-state index is 13.4. The Kier molecular flexibility index (Phi) is 5.68. The van der Waals surface area contributed by atoms with Crippen LogP contribution in [0.25, 0.3) is 0 Å². The molecule has 6 heteroatoms. The Labute approximate surface area is 147 Å². The summed E-state index contributed by atoms with van der Waals surface area (Å²) >= 11 is 0. The number of amides is 2. The second-order valence-corrected chi connectivity index (χ2v) is 6.75. The fourth-order valence-electron chi connectivity index (χ4n) is 3.91. The Hall–Kier alpha value is -1.95. The van der Waals surface area contributed by atoms with Gasteiger partial charge in [-0.15, -0.1) is 0 Å². The van der Waals surface area contributed by atoms with Crippen LogP contribution < -0.4 is 0 Å². The van der Waals surface area contributed by atoms with Gasteiger partial charge < -0.3 is 14.5 Å². The second kappa shape index (κ2) is 7.95. The number of hydrogen-bond donors (Lipinski definition) is 0. The molecule has 0 radical (unpaired) electrons. The summed E-state index contributed by atoms with van der Waals surface area (Å²) in [6.45, 7) is 2.42. The summed E-state index contributed by atoms with van der Waals surface area (Å²) in [5.41, 5.74) is 0.808. The van der Waals surface area contributed by atoms with Crippen molar-refractivity contribution >= 4 is 11.8 Å². The van der Waals surface area contributed by atoms with Crippen LogP contribution in [0.2, 0.25) is 0 Å². The predicted octanol–water partition coefficient (Wildman–Crippen LogP) is 2.37. The van der Waals surface area contributed by atoms with Crippen LogP contribution in [0.4, 0.5) is 4.39 Å². The third-order valence-electron chi connectivity index (χ3n) is 5.19. The van der Waals surface area contributed by atoms with Crippen molar-refractivity contribution < 1.29 is 18.7 Å². The fraction of sp³-hybridized carbons (Fsp3) is 0.579. The van der Waals surface area contributed by atoms with Crippen LogP contribution >= 0.6 is 0 Å². The summed E-state index contributed by atoms with van der Waals surface area (Å²) in [6, 6.07) is 5.79. The normalized spacial score (nSPS) is 24.0. The van der Waals surface area contributed by atoms with Crippen LogP contribution in [-0.2, 0) is 14.3 Å². The Morgan fingerprint density at radius 3 is 2.56 bits per heavy atom. The quantitative estimate of drug-likeness (QED) is 0.821. The van der Waals surface area contributed by atoms with E-state index < -0.39 is 0 Å². The Morgan fingerprint density at radius 2 is 1.92 bits per heavy atom. The Balaban J connectivity index is 1.91. The lowest BCUT2D eigenvalue weighted by atomic mass is 9.83. The van der Waals surface area contributed by atoms with Crippen LogP contribution in [0.15, 0.2) is 24.3 Å². The summed E-state index contributed by atoms with van der Waals surface area (Å²) in [5.74, 6) is -0.464. The summed E-state index contributed by atoms with van der Waals surface area (Å²) in [7, 11) is 1.59. The molecule has 2 atom stereocenters. The van der Waals surface area contributed by atoms with E-state index in [9.17, 15) is 14.0 Å². The highest BCUT2D eigenvalue weighted by Crippen LogP contribution is 2.38. The van der Waals surface area contributed by atoms with Crippen LogP contribution in [0.3, 0.4) is 0 Å². The number of carbonyl (C=O) groups is 2. The van der Waals surface area contributed by atoms with E-state index in [4.69, 9.17) is 4.74 Å². The number of nitrogens with zero attached hydrogens (tertiary/aromatic N) is 2. The Morgan fingerprint density at radius 1 is 1.24 bits per heavy atom. The zero-order valence-corrected chi connectivity index (χ0v) is 14.6. The smallest absolute Gasteiger partial charge is 0.228 e. The molecule has 2 aliphatic rings. The first-order chi connectivity index (χ1) is 12.1. The van der Waals surface area contributed by atoms with E-state index in [2.05, 4.69) is 0 Å². The van der Waals surface area contributed by atoms with Gasteiger partial charge in [-0.2, -0.15) is 0 Å². The van der Waals surface area contributed by atoms with Gasteiger partial charge >= 0.3 is 0 Å². The largest absolute Gasteiger partial charge is 0.383 e. The van der Waals surface area contributed by atoms with E-state index in [0.717, 1.165) is 31.5 Å². The molecule has 2 aliphatic heterocycles. The summed E-state index contributed by atoms with van der Waals surface area (Å²) in [4.78, 5) is 29.2. The molecule has 0 bridgehead atoms. The van der Waals surface area contributed by atoms with Crippen molar-refractivity contribution in [1.29, 1.82) is 0 Å². The SMILES string of the molecule is COCCN1C(=O)CC[C@@H](C(=O)N2CCCC2)[C@@H]1c1ccc(F)cc1. The lowest BCUT2D eigenvalue weighted by molar-refractivity contribution is -0.148. The number of carbonyl (C=O) groups excluding carboxylic acids is 2. The first kappa shape index (κ1) is 17.9. The molecule has 0 saturated carbocycles. The average Bonchev–Trinajstić information content (AvgIpc) is 3.15. The highest BCUT2D eigenvalue weighted by Gasteiger charge is 2.42. The Bertz CT molecular complexity index is 614. The fourth-order valence-corrected chi connectivity index (χ4v) is 3.91. The van der Waals surface area contributed by atoms with Crippen LogP contribution in [0, 0.1) is 11.7 Å². The molecule has 0 unspecified atom stereocenters. The molecule has 0 aromatic heterocycles. The van der Waals surface area contributed by atoms with Gasteiger partial charge in [0.2, 0.25) is 11.8 Å². The van der Waals surface area contributed by atoms with Gasteiger partial charge in [0.15, 0.2) is 0 Å². The number of halogens is 1. The number of rotatable bonds is 5. The van der Waals surface area contributed by atoms with Crippen molar-refractivity contribution in [3.8, 4) is 0 Å². The number of hydrogen-bond acceptors (Lipinski definition) is 3. The molecule has 0 N–H and O–H groups in total. The molecule has 1 aromatic carbocycles. The minimum absolute atomic E-state index is 0.0249. The van der Waals surface area contributed by atoms with Crippen molar-refractivity contribution in [2.75, 3.05) is 33.4 Å². The summed E-state index contributed by atoms with van der Waals surface area (Å²) in [6.07, 6.45) is 2.98. The van der Waals surface area contributed by atoms with Gasteiger partial charge in [-0.1, -0.05) is 12.1 Å². The number of piperidine rings is 1. The first-order valence-electron chi connectivity index (χ1n) is 8.94. The van der Waals surface area contributed by atoms with E-state index in [1.54, 1.807) is 24.1 Å². The molecular formula is C19H25FN2O3. The van der Waals surface area contributed by atoms with Crippen molar-refractivity contribution in [2.45, 2.75) is 31.7 Å². The van der Waals surface area contributed by atoms with Crippen LogP contribution in [-0.4, -0.2) is 55.0 Å². The zero-order chi connectivity index (χ0) is 17.8. The highest BCUT2D eigenvalue weighted by molar-refractivity contribution is 5.85. The molecule has 2 saturated heterocycles. The van der Waals surface area contributed by atoms with Crippen molar-refractivity contribution in [2.24, 2.45) is 5.92 Å². The first-order valence-corrected chi connectivity index (χ1v) is 8.94. The van der Waals surface area contributed by atoms with Gasteiger partial charge in [-0.25, -0.2) is 4.39 Å². The van der Waals surface area contributed by atoms with Crippen LogP contribution in [0.1, 0.15) is 37.3 Å². The molecule has 2 heterocycles. The summed E-state index contributed by atoms with van der Waals surface area (Å²) < 4.78 is 18.5. The van der Waals surface area contributed by atoms with E-state index in [1.165, 1.54) is 12.1 Å². The maximum Gasteiger partial charge on any atom is 0.228 e. The van der Waals surface area contributed by atoms with Gasteiger partial charge in [-0.3, -0.25) is 9.59 Å². The third kappa shape index (κ3) is 3.84. The lowest BCUT2D eigenvalue weighted by Gasteiger charge is -2.42. The lowest BCUT2D eigenvalue weighted by Crippen LogP contribution is -2.49. The number of likely N-dealkylation sites (tertiary alicyclic amines) is 2. The number of methoxy groups -OCH3 is 1. The van der Waals surface area contributed by atoms with Gasteiger partial charge in [0.25, 0.3) is 0 Å². The van der Waals surface area contributed by atoms with Crippen molar-refractivity contribution in [3.05, 3.63) is 35.6 Å². The minimum atomic E-state index is -0.356. The second-order valence-electron chi connectivity index (χ2n) is 6.75. The number of ether oxygens (including phenoxy) is 1. The number of benzene rings is 1. The van der Waals surface area contributed by atoms with E-state index in [1.807, 2.05) is 4.90 Å². The predicted molar refractivity (Wildman–Crippen MR) is 91.3 cm³/mol.